The van der Waals surface area contributed by atoms with Crippen LogP contribution in [-0.2, 0) is 0 Å². The summed E-state index contributed by atoms with van der Waals surface area (Å²) in [5.74, 6) is 0. The molecule has 0 saturated carbocycles. The van der Waals surface area contributed by atoms with Crippen LogP contribution in [0, 0.1) is 0 Å². The third-order valence-electron chi connectivity index (χ3n) is 0.843. The fourth-order valence-corrected chi connectivity index (χ4v) is 0.115. The minimum Gasteiger partial charge on any atom is -0.394 e. The second-order valence-corrected chi connectivity index (χ2v) is 2.75. The maximum Gasteiger partial charge on any atom is 0.100 e. The van der Waals surface area contributed by atoms with Crippen LogP contribution in [0.25, 0.3) is 0 Å². The second kappa shape index (κ2) is 19.4. The summed E-state index contributed by atoms with van der Waals surface area (Å²) >= 11 is 0. The lowest BCUT2D eigenvalue weighted by Crippen LogP contribution is -2.15. The molecule has 6 nitrogen and oxygen atoms in total. The summed E-state index contributed by atoms with van der Waals surface area (Å²) in [6, 6.07) is 0. The van der Waals surface area contributed by atoms with Gasteiger partial charge in [-0.25, -0.2) is 0 Å². The van der Waals surface area contributed by atoms with Crippen LogP contribution in [0.4, 0.5) is 0 Å². The van der Waals surface area contributed by atoms with Crippen LogP contribution in [0.2, 0.25) is 0 Å². The molecule has 0 aliphatic carbocycles. The van der Waals surface area contributed by atoms with Gasteiger partial charge in [0, 0.05) is 0 Å². The van der Waals surface area contributed by atoms with E-state index in [2.05, 4.69) is 13.8 Å². The molecule has 0 aromatic carbocycles. The van der Waals surface area contributed by atoms with Gasteiger partial charge in [0.05, 0.1) is 26.4 Å². The van der Waals surface area contributed by atoms with Gasteiger partial charge in [0.25, 0.3) is 0 Å². The highest BCUT2D eigenvalue weighted by Gasteiger charge is 1.94. The molecule has 0 saturated heterocycles. The lowest BCUT2D eigenvalue weighted by molar-refractivity contribution is 0.0450. The van der Waals surface area contributed by atoms with Gasteiger partial charge in [-0.2, -0.15) is 0 Å². The molecule has 0 amide bonds. The van der Waals surface area contributed by atoms with E-state index < -0.39 is 12.2 Å². The van der Waals surface area contributed by atoms with Crippen molar-refractivity contribution >= 4 is 0 Å². The Balaban J connectivity index is -0.000000153. The number of aliphatic hydroxyl groups is 6. The lowest BCUT2D eigenvalue weighted by Gasteiger charge is -1.96. The van der Waals surface area contributed by atoms with Gasteiger partial charge in [-0.15, -0.1) is 0 Å². The van der Waals surface area contributed by atoms with Crippen LogP contribution >= 0.6 is 0 Å². The Labute approximate surface area is 90.4 Å². The third-order valence-corrected chi connectivity index (χ3v) is 0.843. The molecule has 0 aromatic rings. The van der Waals surface area contributed by atoms with Gasteiger partial charge in [0.2, 0.25) is 0 Å². The maximum absolute atomic E-state index is 8.17. The van der Waals surface area contributed by atoms with Gasteiger partial charge < -0.3 is 30.6 Å². The van der Waals surface area contributed by atoms with Crippen molar-refractivity contribution in [1.82, 2.24) is 0 Å². The Morgan fingerprint density at radius 3 is 0.800 bits per heavy atom. The second-order valence-electron chi connectivity index (χ2n) is 2.75. The van der Waals surface area contributed by atoms with Crippen molar-refractivity contribution in [2.24, 2.45) is 0 Å². The first-order valence-corrected chi connectivity index (χ1v) is 4.83. The summed E-state index contributed by atoms with van der Waals surface area (Å²) in [6.45, 7) is 2.79. The smallest absolute Gasteiger partial charge is 0.100 e. The monoisotopic (exact) mass is 228 g/mol. The fourth-order valence-electron chi connectivity index (χ4n) is 0.115. The number of rotatable bonds is 4. The molecule has 96 valence electrons. The topological polar surface area (TPSA) is 121 Å². The van der Waals surface area contributed by atoms with Crippen LogP contribution in [0.3, 0.4) is 0 Å². The Morgan fingerprint density at radius 2 is 0.800 bits per heavy atom. The first-order valence-electron chi connectivity index (χ1n) is 4.83. The van der Waals surface area contributed by atoms with E-state index in [0.29, 0.717) is 0 Å². The van der Waals surface area contributed by atoms with Crippen LogP contribution < -0.4 is 0 Å². The largest absolute Gasteiger partial charge is 0.394 e. The van der Waals surface area contributed by atoms with E-state index in [-0.39, 0.29) is 26.4 Å². The maximum atomic E-state index is 8.17. The van der Waals surface area contributed by atoms with Crippen LogP contribution in [-0.4, -0.2) is 69.3 Å². The number of hydrogen-bond donors (Lipinski definition) is 6. The van der Waals surface area contributed by atoms with Gasteiger partial charge in [-0.3, -0.25) is 0 Å². The molecule has 0 fully saturated rings. The molecule has 6 heteroatoms. The van der Waals surface area contributed by atoms with Crippen molar-refractivity contribution in [2.75, 3.05) is 26.4 Å². The molecule has 0 atom stereocenters. The SMILES string of the molecule is CCC.OCC(O)CO.OCC(O)CO. The van der Waals surface area contributed by atoms with E-state index in [9.17, 15) is 0 Å². The molecule has 0 bridgehead atoms. The van der Waals surface area contributed by atoms with Crippen molar-refractivity contribution in [3.8, 4) is 0 Å². The van der Waals surface area contributed by atoms with E-state index in [1.165, 1.54) is 6.42 Å². The third kappa shape index (κ3) is 31.6. The Morgan fingerprint density at radius 1 is 0.667 bits per heavy atom. The molecule has 6 N–H and O–H groups in total. The normalized spacial score (nSPS) is 9.20. The predicted molar refractivity (Wildman–Crippen MR) is 56.3 cm³/mol. The van der Waals surface area contributed by atoms with E-state index in [0.717, 1.165) is 0 Å². The molecule has 0 unspecified atom stereocenters. The quantitative estimate of drug-likeness (QED) is 0.333. The molecule has 0 aromatic heterocycles. The van der Waals surface area contributed by atoms with Crippen LogP contribution in [0.15, 0.2) is 0 Å². The summed E-state index contributed by atoms with van der Waals surface area (Å²) in [6.07, 6.45) is -0.657. The fraction of sp³-hybridized carbons (Fsp3) is 1.00. The van der Waals surface area contributed by atoms with Gasteiger partial charge in [-0.1, -0.05) is 20.3 Å². The van der Waals surface area contributed by atoms with E-state index in [1.54, 1.807) is 0 Å². The molecule has 15 heavy (non-hydrogen) atoms. The Kier molecular flexibility index (Phi) is 26.1. The van der Waals surface area contributed by atoms with Crippen molar-refractivity contribution in [1.29, 1.82) is 0 Å². The minimum atomic E-state index is -0.954. The number of hydrogen-bond acceptors (Lipinski definition) is 6. The van der Waals surface area contributed by atoms with Crippen LogP contribution in [0.5, 0.6) is 0 Å². The van der Waals surface area contributed by atoms with E-state index in [1.807, 2.05) is 0 Å². The highest BCUT2D eigenvalue weighted by molar-refractivity contribution is 4.44. The van der Waals surface area contributed by atoms with E-state index in [4.69, 9.17) is 30.6 Å². The summed E-state index contributed by atoms with van der Waals surface area (Å²) in [5, 5.41) is 48.0. The average Bonchev–Trinajstić information content (AvgIpc) is 2.28. The first kappa shape index (κ1) is 20.2. The average molecular weight is 228 g/mol. The van der Waals surface area contributed by atoms with Gasteiger partial charge in [0.15, 0.2) is 0 Å². The molecule has 0 rings (SSSR count). The van der Waals surface area contributed by atoms with Crippen molar-refractivity contribution in [2.45, 2.75) is 32.5 Å². The first-order chi connectivity index (χ1) is 7.03. The molecular formula is C9H24O6. The molecule has 0 heterocycles. The summed E-state index contributed by atoms with van der Waals surface area (Å²) in [4.78, 5) is 0. The summed E-state index contributed by atoms with van der Waals surface area (Å²) < 4.78 is 0. The van der Waals surface area contributed by atoms with Gasteiger partial charge in [0.1, 0.15) is 12.2 Å². The van der Waals surface area contributed by atoms with Crippen molar-refractivity contribution in [3.05, 3.63) is 0 Å². The lowest BCUT2D eigenvalue weighted by atomic mass is 10.4. The van der Waals surface area contributed by atoms with Gasteiger partial charge >= 0.3 is 0 Å². The molecule has 0 aliphatic heterocycles. The van der Waals surface area contributed by atoms with Crippen LogP contribution in [0.1, 0.15) is 20.3 Å². The minimum absolute atomic E-state index is 0.365. The highest BCUT2D eigenvalue weighted by Crippen LogP contribution is 1.72. The van der Waals surface area contributed by atoms with Gasteiger partial charge in [-0.05, 0) is 0 Å². The molecular weight excluding hydrogens is 204 g/mol. The standard InChI is InChI=1S/2C3H8O3.C3H8/c2*4-1-3(6)2-5;1-3-2/h2*3-6H,1-2H2;3H2,1-2H3. The molecule has 0 aliphatic rings. The predicted octanol–water partition coefficient (Wildman–Crippen LogP) is -1.92. The number of aliphatic hydroxyl groups excluding tert-OH is 6. The molecule has 0 radical (unpaired) electrons. The summed E-state index contributed by atoms with van der Waals surface area (Å²) in [7, 11) is 0. The zero-order chi connectivity index (χ0) is 12.7. The van der Waals surface area contributed by atoms with E-state index >= 15 is 0 Å². The zero-order valence-electron chi connectivity index (χ0n) is 9.37. The summed E-state index contributed by atoms with van der Waals surface area (Å²) in [5.41, 5.74) is 0. The highest BCUT2D eigenvalue weighted by atomic mass is 16.3. The Bertz CT molecular complexity index is 72.7. The van der Waals surface area contributed by atoms with Crippen molar-refractivity contribution in [3.63, 3.8) is 0 Å². The van der Waals surface area contributed by atoms with Crippen molar-refractivity contribution < 1.29 is 30.6 Å². The zero-order valence-corrected chi connectivity index (χ0v) is 9.37. The Hall–Kier alpha value is -0.240. The molecule has 0 spiro atoms.